The van der Waals surface area contributed by atoms with E-state index in [0.29, 0.717) is 30.2 Å². The highest BCUT2D eigenvalue weighted by atomic mass is 16.5. The molecular formula is C25H26N4O3. The van der Waals surface area contributed by atoms with Crippen molar-refractivity contribution in [2.45, 2.75) is 19.8 Å². The number of methoxy groups -OCH3 is 1. The second kappa shape index (κ2) is 8.15. The number of carbonyl (C=O) groups excluding carboxylic acids is 2. The molecule has 1 fully saturated rings. The molecule has 1 saturated carbocycles. The third kappa shape index (κ3) is 3.86. The third-order valence-corrected chi connectivity index (χ3v) is 6.20. The smallest absolute Gasteiger partial charge is 0.254 e. The fourth-order valence-electron chi connectivity index (χ4n) is 4.31. The highest BCUT2D eigenvalue weighted by molar-refractivity contribution is 5.98. The number of nitrogens with zero attached hydrogens (tertiary/aromatic N) is 2. The van der Waals surface area contributed by atoms with Gasteiger partial charge < -0.3 is 19.9 Å². The first-order valence-electron chi connectivity index (χ1n) is 11.0. The van der Waals surface area contributed by atoms with Crippen molar-refractivity contribution >= 4 is 34.2 Å². The van der Waals surface area contributed by atoms with Crippen molar-refractivity contribution in [2.24, 2.45) is 11.8 Å². The van der Waals surface area contributed by atoms with Crippen LogP contribution in [0.25, 0.3) is 16.6 Å². The van der Waals surface area contributed by atoms with Gasteiger partial charge in [-0.3, -0.25) is 9.59 Å². The maximum absolute atomic E-state index is 13.1. The van der Waals surface area contributed by atoms with Gasteiger partial charge in [-0.2, -0.15) is 0 Å². The molecule has 1 aliphatic heterocycles. The Bertz CT molecular complexity index is 1220. The zero-order valence-electron chi connectivity index (χ0n) is 18.2. The van der Waals surface area contributed by atoms with Crippen molar-refractivity contribution in [1.82, 2.24) is 14.9 Å². The van der Waals surface area contributed by atoms with Gasteiger partial charge in [0, 0.05) is 36.2 Å². The molecule has 7 heteroatoms. The van der Waals surface area contributed by atoms with Gasteiger partial charge in [0.2, 0.25) is 5.91 Å². The molecule has 2 amide bonds. The standard InChI is InChI=1S/C25H26N4O3/c1-15-14-29(25(31)17-4-3-5-18(12-17)32-2)11-9-19(15)21-13-22(28-24(30)16-6-7-16)27-23-20(21)8-10-26-23/h3-5,8-10,12-13,15-16H,6-7,11,14H2,1-2H3,(H2,26,27,28,30). The molecule has 1 aliphatic carbocycles. The van der Waals surface area contributed by atoms with Crippen LogP contribution < -0.4 is 10.1 Å². The van der Waals surface area contributed by atoms with Crippen LogP contribution in [0.1, 0.15) is 35.7 Å². The molecular weight excluding hydrogens is 404 g/mol. The number of pyridine rings is 1. The van der Waals surface area contributed by atoms with E-state index in [0.717, 1.165) is 35.0 Å². The average molecular weight is 431 g/mol. The minimum absolute atomic E-state index is 0.00930. The second-order valence-electron chi connectivity index (χ2n) is 8.56. The first-order chi connectivity index (χ1) is 15.5. The summed E-state index contributed by atoms with van der Waals surface area (Å²) in [5.41, 5.74) is 3.57. The first-order valence-corrected chi connectivity index (χ1v) is 11.0. The number of ether oxygens (including phenoxy) is 1. The number of benzene rings is 1. The Labute approximate surface area is 186 Å². The molecule has 1 atom stereocenters. The monoisotopic (exact) mass is 430 g/mol. The highest BCUT2D eigenvalue weighted by Gasteiger charge is 2.30. The van der Waals surface area contributed by atoms with Crippen LogP contribution in [0.15, 0.2) is 48.7 Å². The summed E-state index contributed by atoms with van der Waals surface area (Å²) in [6.45, 7) is 3.26. The number of carbonyl (C=O) groups is 2. The van der Waals surface area contributed by atoms with Crippen molar-refractivity contribution in [3.63, 3.8) is 0 Å². The highest BCUT2D eigenvalue weighted by Crippen LogP contribution is 2.35. The van der Waals surface area contributed by atoms with Crippen LogP contribution >= 0.6 is 0 Å². The van der Waals surface area contributed by atoms with Gasteiger partial charge in [0.05, 0.1) is 7.11 Å². The van der Waals surface area contributed by atoms with Gasteiger partial charge >= 0.3 is 0 Å². The number of aromatic amines is 1. The normalized spacial score (nSPS) is 18.4. The number of hydrogen-bond donors (Lipinski definition) is 2. The van der Waals surface area contributed by atoms with Gasteiger partial charge in [0.25, 0.3) is 5.91 Å². The van der Waals surface area contributed by atoms with E-state index in [9.17, 15) is 9.59 Å². The predicted molar refractivity (Wildman–Crippen MR) is 123 cm³/mol. The Kier molecular flexibility index (Phi) is 5.17. The zero-order valence-corrected chi connectivity index (χ0v) is 18.2. The van der Waals surface area contributed by atoms with E-state index < -0.39 is 0 Å². The lowest BCUT2D eigenvalue weighted by atomic mass is 9.89. The lowest BCUT2D eigenvalue weighted by Gasteiger charge is -2.32. The van der Waals surface area contributed by atoms with E-state index in [1.165, 1.54) is 0 Å². The molecule has 1 aromatic carbocycles. The van der Waals surface area contributed by atoms with Crippen molar-refractivity contribution < 1.29 is 14.3 Å². The van der Waals surface area contributed by atoms with E-state index >= 15 is 0 Å². The number of H-pyrrole nitrogens is 1. The number of hydrogen-bond acceptors (Lipinski definition) is 4. The topological polar surface area (TPSA) is 87.3 Å². The van der Waals surface area contributed by atoms with Crippen LogP contribution in [-0.4, -0.2) is 46.9 Å². The number of rotatable bonds is 5. The first kappa shape index (κ1) is 20.3. The Morgan fingerprint density at radius 1 is 1.22 bits per heavy atom. The zero-order chi connectivity index (χ0) is 22.2. The van der Waals surface area contributed by atoms with E-state index in [2.05, 4.69) is 28.3 Å². The van der Waals surface area contributed by atoms with Crippen molar-refractivity contribution in [2.75, 3.05) is 25.5 Å². The second-order valence-corrected chi connectivity index (χ2v) is 8.56. The van der Waals surface area contributed by atoms with Gasteiger partial charge in [-0.15, -0.1) is 0 Å². The van der Waals surface area contributed by atoms with Crippen LogP contribution in [0, 0.1) is 11.8 Å². The van der Waals surface area contributed by atoms with Crippen LogP contribution in [0.3, 0.4) is 0 Å². The average Bonchev–Trinajstić information content (AvgIpc) is 3.56. The molecule has 3 heterocycles. The predicted octanol–water partition coefficient (Wildman–Crippen LogP) is 4.10. The maximum atomic E-state index is 13.1. The molecule has 0 spiro atoms. The van der Waals surface area contributed by atoms with E-state index in [4.69, 9.17) is 4.74 Å². The van der Waals surface area contributed by atoms with E-state index in [1.807, 2.05) is 41.4 Å². The molecule has 5 rings (SSSR count). The molecule has 7 nitrogen and oxygen atoms in total. The molecule has 2 N–H and O–H groups in total. The maximum Gasteiger partial charge on any atom is 0.254 e. The molecule has 1 unspecified atom stereocenters. The van der Waals surface area contributed by atoms with Gasteiger partial charge in [0.1, 0.15) is 17.2 Å². The lowest BCUT2D eigenvalue weighted by Crippen LogP contribution is -2.38. The summed E-state index contributed by atoms with van der Waals surface area (Å²) in [6.07, 6.45) is 5.87. The molecule has 0 saturated heterocycles. The Hall–Kier alpha value is -3.61. The summed E-state index contributed by atoms with van der Waals surface area (Å²) in [5, 5.41) is 3.98. The van der Waals surface area contributed by atoms with Gasteiger partial charge in [0.15, 0.2) is 0 Å². The quantitative estimate of drug-likeness (QED) is 0.638. The Balaban J connectivity index is 1.42. The SMILES string of the molecule is COc1cccc(C(=O)N2CC=C(c3cc(NC(=O)C4CC4)nc4[nH]ccc34)C(C)C2)c1. The fraction of sp³-hybridized carbons (Fsp3) is 0.320. The lowest BCUT2D eigenvalue weighted by molar-refractivity contribution is -0.117. The van der Waals surface area contributed by atoms with Crippen molar-refractivity contribution in [3.8, 4) is 5.75 Å². The molecule has 2 aliphatic rings. The summed E-state index contributed by atoms with van der Waals surface area (Å²) in [6, 6.07) is 11.2. The van der Waals surface area contributed by atoms with Crippen molar-refractivity contribution in [1.29, 1.82) is 0 Å². The van der Waals surface area contributed by atoms with Crippen LogP contribution in [-0.2, 0) is 4.79 Å². The summed E-state index contributed by atoms with van der Waals surface area (Å²) >= 11 is 0. The Morgan fingerprint density at radius 3 is 2.81 bits per heavy atom. The van der Waals surface area contributed by atoms with E-state index in [-0.39, 0.29) is 23.7 Å². The van der Waals surface area contributed by atoms with Crippen LogP contribution in [0.4, 0.5) is 5.82 Å². The minimum atomic E-state index is -0.00930. The number of anilines is 1. The summed E-state index contributed by atoms with van der Waals surface area (Å²) in [5.74, 6) is 1.51. The Morgan fingerprint density at radius 2 is 2.06 bits per heavy atom. The fourth-order valence-corrected chi connectivity index (χ4v) is 4.31. The number of fused-ring (bicyclic) bond motifs is 1. The number of aromatic nitrogens is 2. The number of amides is 2. The van der Waals surface area contributed by atoms with Crippen LogP contribution in [0.2, 0.25) is 0 Å². The number of nitrogens with one attached hydrogen (secondary N) is 2. The third-order valence-electron chi connectivity index (χ3n) is 6.20. The minimum Gasteiger partial charge on any atom is -0.497 e. The summed E-state index contributed by atoms with van der Waals surface area (Å²) < 4.78 is 5.26. The molecule has 164 valence electrons. The van der Waals surface area contributed by atoms with E-state index in [1.54, 1.807) is 13.2 Å². The summed E-state index contributed by atoms with van der Waals surface area (Å²) in [4.78, 5) is 34.9. The van der Waals surface area contributed by atoms with Gasteiger partial charge in [-0.25, -0.2) is 4.98 Å². The van der Waals surface area contributed by atoms with Gasteiger partial charge in [-0.05, 0) is 60.2 Å². The molecule has 0 bridgehead atoms. The van der Waals surface area contributed by atoms with Crippen molar-refractivity contribution in [3.05, 3.63) is 59.8 Å². The molecule has 3 aromatic rings. The summed E-state index contributed by atoms with van der Waals surface area (Å²) in [7, 11) is 1.60. The largest absolute Gasteiger partial charge is 0.497 e. The van der Waals surface area contributed by atoms with Crippen LogP contribution in [0.5, 0.6) is 5.75 Å². The molecule has 32 heavy (non-hydrogen) atoms. The molecule has 2 aromatic heterocycles. The van der Waals surface area contributed by atoms with Gasteiger partial charge in [-0.1, -0.05) is 19.1 Å². The molecule has 0 radical (unpaired) electrons.